The van der Waals surface area contributed by atoms with E-state index in [0.29, 0.717) is 0 Å². The van der Waals surface area contributed by atoms with Crippen molar-refractivity contribution in [3.63, 3.8) is 0 Å². The number of hydrogen-bond donors (Lipinski definition) is 0. The third-order valence-corrected chi connectivity index (χ3v) is 3.62. The lowest BCUT2D eigenvalue weighted by atomic mass is 10.2. The highest BCUT2D eigenvalue weighted by Crippen LogP contribution is 2.16. The van der Waals surface area contributed by atoms with Crippen LogP contribution in [-0.2, 0) is 4.79 Å². The maximum absolute atomic E-state index is 12.1. The molecule has 1 saturated heterocycles. The molecule has 4 nitrogen and oxygen atoms in total. The summed E-state index contributed by atoms with van der Waals surface area (Å²) >= 11 is 0. The van der Waals surface area contributed by atoms with E-state index in [4.69, 9.17) is 4.74 Å². The van der Waals surface area contributed by atoms with Gasteiger partial charge in [-0.1, -0.05) is 25.1 Å². The monoisotopic (exact) mass is 262 g/mol. The Kier molecular flexibility index (Phi) is 4.80. The summed E-state index contributed by atoms with van der Waals surface area (Å²) < 4.78 is 5.60. The van der Waals surface area contributed by atoms with Crippen LogP contribution in [0.4, 0.5) is 0 Å². The molecule has 1 amide bonds. The third kappa shape index (κ3) is 3.70. The zero-order valence-corrected chi connectivity index (χ0v) is 11.8. The van der Waals surface area contributed by atoms with Gasteiger partial charge in [0.25, 0.3) is 5.91 Å². The summed E-state index contributed by atoms with van der Waals surface area (Å²) in [5.74, 6) is 0.877. The van der Waals surface area contributed by atoms with E-state index in [1.165, 1.54) is 0 Å². The largest absolute Gasteiger partial charge is 0.484 e. The normalized spacial score (nSPS) is 16.4. The number of benzene rings is 1. The minimum absolute atomic E-state index is 0.0824. The lowest BCUT2D eigenvalue weighted by Crippen LogP contribution is -2.49. The van der Waals surface area contributed by atoms with Crippen LogP contribution in [0.1, 0.15) is 12.5 Å². The molecular weight excluding hydrogens is 240 g/mol. The molecule has 0 radical (unpaired) electrons. The second-order valence-corrected chi connectivity index (χ2v) is 4.87. The number of carbonyl (C=O) groups is 1. The molecule has 1 aliphatic heterocycles. The molecule has 0 aromatic heterocycles. The Balaban J connectivity index is 1.81. The van der Waals surface area contributed by atoms with E-state index >= 15 is 0 Å². The number of carbonyl (C=O) groups excluding carboxylic acids is 1. The molecule has 1 heterocycles. The van der Waals surface area contributed by atoms with Crippen molar-refractivity contribution in [1.29, 1.82) is 0 Å². The predicted molar refractivity (Wildman–Crippen MR) is 75.4 cm³/mol. The predicted octanol–water partition coefficient (Wildman–Crippen LogP) is 1.54. The van der Waals surface area contributed by atoms with Crippen LogP contribution >= 0.6 is 0 Å². The molecule has 0 unspecified atom stereocenters. The Morgan fingerprint density at radius 1 is 1.21 bits per heavy atom. The van der Waals surface area contributed by atoms with E-state index in [0.717, 1.165) is 44.0 Å². The molecule has 0 atom stereocenters. The number of amides is 1. The average molecular weight is 262 g/mol. The van der Waals surface area contributed by atoms with Gasteiger partial charge in [-0.15, -0.1) is 0 Å². The van der Waals surface area contributed by atoms with E-state index in [1.54, 1.807) is 0 Å². The SMILES string of the molecule is CCN1CCN(C(=O)COc2ccccc2C)CC1. The minimum atomic E-state index is 0.0824. The summed E-state index contributed by atoms with van der Waals surface area (Å²) in [6, 6.07) is 7.78. The number of para-hydroxylation sites is 1. The lowest BCUT2D eigenvalue weighted by molar-refractivity contribution is -0.135. The molecule has 0 bridgehead atoms. The van der Waals surface area contributed by atoms with E-state index in [2.05, 4.69) is 11.8 Å². The van der Waals surface area contributed by atoms with E-state index in [-0.39, 0.29) is 12.5 Å². The molecule has 1 aliphatic rings. The fraction of sp³-hybridized carbons (Fsp3) is 0.533. The minimum Gasteiger partial charge on any atom is -0.484 e. The summed E-state index contributed by atoms with van der Waals surface area (Å²) in [4.78, 5) is 16.3. The highest BCUT2D eigenvalue weighted by atomic mass is 16.5. The molecule has 1 fully saturated rings. The summed E-state index contributed by atoms with van der Waals surface area (Å²) in [7, 11) is 0. The van der Waals surface area contributed by atoms with E-state index in [9.17, 15) is 4.79 Å². The van der Waals surface area contributed by atoms with Gasteiger partial charge < -0.3 is 14.5 Å². The summed E-state index contributed by atoms with van der Waals surface area (Å²) in [6.07, 6.45) is 0. The first-order valence-corrected chi connectivity index (χ1v) is 6.89. The van der Waals surface area contributed by atoms with E-state index < -0.39 is 0 Å². The Labute approximate surface area is 115 Å². The van der Waals surface area contributed by atoms with Gasteiger partial charge in [-0.25, -0.2) is 0 Å². The fourth-order valence-electron chi connectivity index (χ4n) is 2.26. The fourth-order valence-corrected chi connectivity index (χ4v) is 2.26. The summed E-state index contributed by atoms with van der Waals surface area (Å²) in [5.41, 5.74) is 1.06. The number of hydrogen-bond acceptors (Lipinski definition) is 3. The van der Waals surface area contributed by atoms with Gasteiger partial charge in [-0.3, -0.25) is 4.79 Å². The number of aryl methyl sites for hydroxylation is 1. The third-order valence-electron chi connectivity index (χ3n) is 3.62. The van der Waals surface area contributed by atoms with Gasteiger partial charge in [-0.2, -0.15) is 0 Å². The van der Waals surface area contributed by atoms with Crippen LogP contribution in [0.15, 0.2) is 24.3 Å². The van der Waals surface area contributed by atoms with Crippen LogP contribution in [0.3, 0.4) is 0 Å². The molecule has 0 N–H and O–H groups in total. The van der Waals surface area contributed by atoms with Crippen LogP contribution in [0.5, 0.6) is 5.75 Å². The van der Waals surface area contributed by atoms with Gasteiger partial charge in [0, 0.05) is 26.2 Å². The van der Waals surface area contributed by atoms with Crippen molar-refractivity contribution >= 4 is 5.91 Å². The zero-order chi connectivity index (χ0) is 13.7. The van der Waals surface area contributed by atoms with Crippen molar-refractivity contribution in [2.24, 2.45) is 0 Å². The first-order valence-electron chi connectivity index (χ1n) is 6.89. The number of nitrogens with zero attached hydrogens (tertiary/aromatic N) is 2. The molecule has 2 rings (SSSR count). The molecule has 0 aliphatic carbocycles. The van der Waals surface area contributed by atoms with Crippen LogP contribution < -0.4 is 4.74 Å². The quantitative estimate of drug-likeness (QED) is 0.825. The van der Waals surface area contributed by atoms with Gasteiger partial charge >= 0.3 is 0 Å². The number of ether oxygens (including phenoxy) is 1. The van der Waals surface area contributed by atoms with Crippen molar-refractivity contribution in [3.05, 3.63) is 29.8 Å². The Morgan fingerprint density at radius 3 is 2.53 bits per heavy atom. The smallest absolute Gasteiger partial charge is 0.260 e. The molecule has 1 aromatic carbocycles. The second-order valence-electron chi connectivity index (χ2n) is 4.87. The van der Waals surface area contributed by atoms with Gasteiger partial charge in [0.15, 0.2) is 6.61 Å². The first-order chi connectivity index (χ1) is 9.20. The van der Waals surface area contributed by atoms with Gasteiger partial charge in [0.2, 0.25) is 0 Å². The lowest BCUT2D eigenvalue weighted by Gasteiger charge is -2.34. The molecular formula is C15H22N2O2. The summed E-state index contributed by atoms with van der Waals surface area (Å²) in [5, 5.41) is 0. The molecule has 0 spiro atoms. The maximum atomic E-state index is 12.1. The average Bonchev–Trinajstić information content (AvgIpc) is 2.46. The van der Waals surface area contributed by atoms with Gasteiger partial charge in [0.05, 0.1) is 0 Å². The Hall–Kier alpha value is -1.55. The van der Waals surface area contributed by atoms with Gasteiger partial charge in [-0.05, 0) is 25.1 Å². The van der Waals surface area contributed by atoms with Gasteiger partial charge in [0.1, 0.15) is 5.75 Å². The molecule has 104 valence electrons. The van der Waals surface area contributed by atoms with Crippen LogP contribution in [0, 0.1) is 6.92 Å². The van der Waals surface area contributed by atoms with Crippen molar-refractivity contribution in [3.8, 4) is 5.75 Å². The van der Waals surface area contributed by atoms with E-state index in [1.807, 2.05) is 36.1 Å². The second kappa shape index (κ2) is 6.57. The van der Waals surface area contributed by atoms with Crippen molar-refractivity contribution in [1.82, 2.24) is 9.80 Å². The Morgan fingerprint density at radius 2 is 1.89 bits per heavy atom. The highest BCUT2D eigenvalue weighted by Gasteiger charge is 2.20. The molecule has 1 aromatic rings. The molecule has 4 heteroatoms. The van der Waals surface area contributed by atoms with Crippen LogP contribution in [0.25, 0.3) is 0 Å². The highest BCUT2D eigenvalue weighted by molar-refractivity contribution is 5.77. The van der Waals surface area contributed by atoms with Crippen molar-refractivity contribution in [2.75, 3.05) is 39.3 Å². The zero-order valence-electron chi connectivity index (χ0n) is 11.8. The van der Waals surface area contributed by atoms with Crippen molar-refractivity contribution in [2.45, 2.75) is 13.8 Å². The van der Waals surface area contributed by atoms with Crippen LogP contribution in [0.2, 0.25) is 0 Å². The first kappa shape index (κ1) is 13.9. The van der Waals surface area contributed by atoms with Crippen molar-refractivity contribution < 1.29 is 9.53 Å². The van der Waals surface area contributed by atoms with Crippen LogP contribution in [-0.4, -0.2) is 55.0 Å². The number of rotatable bonds is 4. The standard InChI is InChI=1S/C15H22N2O2/c1-3-16-8-10-17(11-9-16)15(18)12-19-14-7-5-4-6-13(14)2/h4-7H,3,8-12H2,1-2H3. The Bertz CT molecular complexity index is 426. The number of likely N-dealkylation sites (N-methyl/N-ethyl adjacent to an activating group) is 1. The number of piperazine rings is 1. The topological polar surface area (TPSA) is 32.8 Å². The summed E-state index contributed by atoms with van der Waals surface area (Å²) in [6.45, 7) is 8.88. The maximum Gasteiger partial charge on any atom is 0.260 e. The molecule has 19 heavy (non-hydrogen) atoms. The molecule has 0 saturated carbocycles.